The SMILES string of the molecule is CC/C=C/C(O)CN(CCN(C(C)C(=O)[O-])C(C)C(=O)O)C(C)C(=O)[O-].[Li+].[Li+]. The summed E-state index contributed by atoms with van der Waals surface area (Å²) in [7, 11) is 0. The van der Waals surface area contributed by atoms with Gasteiger partial charge in [-0.1, -0.05) is 19.1 Å². The van der Waals surface area contributed by atoms with Crippen LogP contribution in [0, 0.1) is 0 Å². The quantitative estimate of drug-likeness (QED) is 0.233. The minimum atomic E-state index is -1.43. The molecule has 4 atom stereocenters. The minimum Gasteiger partial charge on any atom is -0.548 e. The van der Waals surface area contributed by atoms with E-state index in [1.54, 1.807) is 6.08 Å². The predicted octanol–water partition coefficient (Wildman–Crippen LogP) is -8.32. The molecule has 0 aromatic carbocycles. The summed E-state index contributed by atoms with van der Waals surface area (Å²) in [6.07, 6.45) is 3.07. The van der Waals surface area contributed by atoms with Crippen LogP contribution in [0.4, 0.5) is 0 Å². The van der Waals surface area contributed by atoms with Crippen molar-refractivity contribution in [3.8, 4) is 0 Å². The number of aliphatic hydroxyl groups is 1. The van der Waals surface area contributed by atoms with Gasteiger partial charge < -0.3 is 30.0 Å². The summed E-state index contributed by atoms with van der Waals surface area (Å²) >= 11 is 0. The van der Waals surface area contributed by atoms with Crippen molar-refractivity contribution < 1.29 is 72.5 Å². The second-order valence-electron chi connectivity index (χ2n) is 6.14. The van der Waals surface area contributed by atoms with E-state index in [9.17, 15) is 29.7 Å². The van der Waals surface area contributed by atoms with Gasteiger partial charge in [-0.15, -0.1) is 0 Å². The molecule has 0 heterocycles. The number of hydrogen-bond donors (Lipinski definition) is 2. The fourth-order valence-electron chi connectivity index (χ4n) is 2.43. The van der Waals surface area contributed by atoms with Crippen LogP contribution >= 0.6 is 0 Å². The number of rotatable bonds is 13. The Morgan fingerprint density at radius 2 is 1.46 bits per heavy atom. The molecule has 2 N–H and O–H groups in total. The molecule has 0 radical (unpaired) electrons. The van der Waals surface area contributed by atoms with E-state index in [4.69, 9.17) is 5.11 Å². The number of hydrogen-bond acceptors (Lipinski definition) is 8. The van der Waals surface area contributed by atoms with Gasteiger partial charge >= 0.3 is 43.7 Å². The van der Waals surface area contributed by atoms with E-state index < -0.39 is 42.1 Å². The molecule has 0 fully saturated rings. The molecule has 0 aliphatic carbocycles. The number of carbonyl (C=O) groups excluding carboxylic acids is 2. The fourth-order valence-corrected chi connectivity index (χ4v) is 2.43. The molecule has 4 unspecified atom stereocenters. The standard InChI is InChI=1S/C17H30N2O7.2Li/c1-5-6-7-14(20)10-18(11(2)15(21)22)8-9-19(12(3)16(23)24)13(4)17(25)26;;/h6-7,11-14,20H,5,8-10H2,1-4H3,(H,21,22)(H,23,24)(H,25,26);;/q;2*+1/p-2/b7-6+;;. The zero-order chi connectivity index (χ0) is 20.4. The van der Waals surface area contributed by atoms with Crippen LogP contribution in [0.2, 0.25) is 0 Å². The smallest absolute Gasteiger partial charge is 0.548 e. The molecule has 0 rings (SSSR count). The van der Waals surface area contributed by atoms with Gasteiger partial charge in [0.15, 0.2) is 0 Å². The average Bonchev–Trinajstić information content (AvgIpc) is 2.57. The van der Waals surface area contributed by atoms with Gasteiger partial charge in [-0.05, 0) is 27.2 Å². The van der Waals surface area contributed by atoms with Crippen LogP contribution < -0.4 is 47.9 Å². The number of nitrogens with zero attached hydrogens (tertiary/aromatic N) is 2. The second-order valence-corrected chi connectivity index (χ2v) is 6.14. The first-order valence-electron chi connectivity index (χ1n) is 8.51. The zero-order valence-electron chi connectivity index (χ0n) is 17.6. The van der Waals surface area contributed by atoms with Crippen molar-refractivity contribution in [2.24, 2.45) is 0 Å². The molecule has 0 bridgehead atoms. The van der Waals surface area contributed by atoms with Gasteiger partial charge in [0.05, 0.1) is 18.0 Å². The largest absolute Gasteiger partial charge is 1.00 e. The summed E-state index contributed by atoms with van der Waals surface area (Å²) in [6, 6.07) is -3.32. The van der Waals surface area contributed by atoms with Crippen LogP contribution in [0.1, 0.15) is 34.1 Å². The normalized spacial score (nSPS) is 15.4. The van der Waals surface area contributed by atoms with Gasteiger partial charge in [0.25, 0.3) is 0 Å². The van der Waals surface area contributed by atoms with Crippen molar-refractivity contribution in [2.75, 3.05) is 19.6 Å². The van der Waals surface area contributed by atoms with Crippen LogP contribution in [-0.2, 0) is 14.4 Å². The molecular formula is C17H28Li2N2O7. The van der Waals surface area contributed by atoms with Gasteiger partial charge in [0.1, 0.15) is 6.04 Å². The Morgan fingerprint density at radius 3 is 1.86 bits per heavy atom. The Balaban J connectivity index is -0.00000312. The maximum absolute atomic E-state index is 11.2. The summed E-state index contributed by atoms with van der Waals surface area (Å²) < 4.78 is 0. The Bertz CT molecular complexity index is 500. The third kappa shape index (κ3) is 11.3. The number of aliphatic hydroxyl groups excluding tert-OH is 1. The van der Waals surface area contributed by atoms with Crippen molar-refractivity contribution in [2.45, 2.75) is 58.3 Å². The third-order valence-corrected chi connectivity index (χ3v) is 4.24. The summed E-state index contributed by atoms with van der Waals surface area (Å²) in [5.41, 5.74) is 0. The monoisotopic (exact) mass is 386 g/mol. The maximum Gasteiger partial charge on any atom is 1.00 e. The van der Waals surface area contributed by atoms with Gasteiger partial charge in [-0.25, -0.2) is 0 Å². The van der Waals surface area contributed by atoms with Crippen LogP contribution in [0.5, 0.6) is 0 Å². The summed E-state index contributed by atoms with van der Waals surface area (Å²) in [5, 5.41) is 41.5. The van der Waals surface area contributed by atoms with Crippen molar-refractivity contribution in [3.63, 3.8) is 0 Å². The molecule has 0 saturated carbocycles. The van der Waals surface area contributed by atoms with E-state index in [-0.39, 0.29) is 57.4 Å². The number of carbonyl (C=O) groups is 3. The zero-order valence-corrected chi connectivity index (χ0v) is 17.6. The fraction of sp³-hybridized carbons (Fsp3) is 0.706. The van der Waals surface area contributed by atoms with E-state index in [1.165, 1.54) is 36.6 Å². The third-order valence-electron chi connectivity index (χ3n) is 4.24. The van der Waals surface area contributed by atoms with Crippen LogP contribution in [0.3, 0.4) is 0 Å². The summed E-state index contributed by atoms with van der Waals surface area (Å²) in [4.78, 5) is 36.2. The van der Waals surface area contributed by atoms with Gasteiger partial charge in [-0.3, -0.25) is 14.6 Å². The number of allylic oxidation sites excluding steroid dienone is 1. The van der Waals surface area contributed by atoms with Crippen LogP contribution in [-0.4, -0.2) is 81.8 Å². The summed E-state index contributed by atoms with van der Waals surface area (Å²) in [6.45, 7) is 5.90. The molecule has 0 saturated heterocycles. The molecular weight excluding hydrogens is 358 g/mol. The Kier molecular flexibility index (Phi) is 18.3. The Labute approximate surface area is 190 Å². The molecule has 0 aromatic heterocycles. The molecule has 0 amide bonds. The van der Waals surface area contributed by atoms with Crippen molar-refractivity contribution in [3.05, 3.63) is 12.2 Å². The van der Waals surface area contributed by atoms with E-state index >= 15 is 0 Å². The van der Waals surface area contributed by atoms with Crippen molar-refractivity contribution in [1.29, 1.82) is 0 Å². The van der Waals surface area contributed by atoms with E-state index in [2.05, 4.69) is 0 Å². The molecule has 0 aliphatic rings. The molecule has 0 spiro atoms. The molecule has 11 heteroatoms. The summed E-state index contributed by atoms with van der Waals surface area (Å²) in [5.74, 6) is -3.98. The van der Waals surface area contributed by atoms with Gasteiger partial charge in [0, 0.05) is 31.7 Å². The number of carboxylic acids is 3. The van der Waals surface area contributed by atoms with Gasteiger partial charge in [0.2, 0.25) is 0 Å². The van der Waals surface area contributed by atoms with Crippen molar-refractivity contribution >= 4 is 17.9 Å². The average molecular weight is 386 g/mol. The van der Waals surface area contributed by atoms with E-state index in [1.807, 2.05) is 6.92 Å². The first-order valence-corrected chi connectivity index (χ1v) is 8.51. The maximum atomic E-state index is 11.2. The molecule has 0 aliphatic heterocycles. The van der Waals surface area contributed by atoms with Gasteiger partial charge in [-0.2, -0.15) is 0 Å². The first-order chi connectivity index (χ1) is 12.0. The van der Waals surface area contributed by atoms with E-state index in [0.29, 0.717) is 6.42 Å². The molecule has 0 aromatic rings. The predicted molar refractivity (Wildman–Crippen MR) is 89.8 cm³/mol. The molecule has 9 nitrogen and oxygen atoms in total. The van der Waals surface area contributed by atoms with Crippen LogP contribution in [0.25, 0.3) is 0 Å². The number of aliphatic carboxylic acids is 3. The molecule has 150 valence electrons. The molecule has 28 heavy (non-hydrogen) atoms. The topological polar surface area (TPSA) is 144 Å². The van der Waals surface area contributed by atoms with Crippen LogP contribution in [0.15, 0.2) is 12.2 Å². The number of carboxylic acid groups (broad SMARTS) is 3. The second kappa shape index (κ2) is 16.1. The Morgan fingerprint density at radius 1 is 0.964 bits per heavy atom. The Hall–Kier alpha value is -0.775. The van der Waals surface area contributed by atoms with E-state index in [0.717, 1.165) is 0 Å². The minimum absolute atomic E-state index is 0. The van der Waals surface area contributed by atoms with Crippen molar-refractivity contribution in [1.82, 2.24) is 9.80 Å². The first kappa shape index (κ1) is 31.9.